The minimum atomic E-state index is 0.0272. The summed E-state index contributed by atoms with van der Waals surface area (Å²) in [4.78, 5) is 2.59. The number of hydrogen-bond acceptors (Lipinski definition) is 3. The first-order chi connectivity index (χ1) is 9.97. The number of rotatable bonds is 5. The molecule has 0 radical (unpaired) electrons. The first kappa shape index (κ1) is 16.5. The molecule has 1 aromatic rings. The average Bonchev–Trinajstić information content (AvgIpc) is 2.50. The molecule has 0 saturated carbocycles. The lowest BCUT2D eigenvalue weighted by atomic mass is 9.85. The molecule has 118 valence electrons. The number of piperazine rings is 1. The molecule has 0 spiro atoms. The van der Waals surface area contributed by atoms with Gasteiger partial charge in [-0.05, 0) is 25.3 Å². The SMILES string of the molecule is COC(C)CN1CC(C(C)C)NCC1(C)c1ccccc1. The Hall–Kier alpha value is -0.900. The number of ether oxygens (including phenoxy) is 1. The van der Waals surface area contributed by atoms with Gasteiger partial charge in [-0.3, -0.25) is 4.90 Å². The molecule has 0 bridgehead atoms. The van der Waals surface area contributed by atoms with Gasteiger partial charge in [-0.25, -0.2) is 0 Å². The van der Waals surface area contributed by atoms with E-state index in [0.717, 1.165) is 19.6 Å². The molecule has 1 saturated heterocycles. The van der Waals surface area contributed by atoms with E-state index in [0.29, 0.717) is 12.0 Å². The Balaban J connectivity index is 2.25. The van der Waals surface area contributed by atoms with E-state index in [1.807, 2.05) is 0 Å². The summed E-state index contributed by atoms with van der Waals surface area (Å²) in [6.07, 6.45) is 0.249. The molecule has 3 unspecified atom stereocenters. The first-order valence-electron chi connectivity index (χ1n) is 8.04. The predicted octanol–water partition coefficient (Wildman–Crippen LogP) is 2.87. The molecule has 2 rings (SSSR count). The summed E-state index contributed by atoms with van der Waals surface area (Å²) in [7, 11) is 1.80. The van der Waals surface area contributed by atoms with Gasteiger partial charge in [0, 0.05) is 32.8 Å². The van der Waals surface area contributed by atoms with E-state index in [-0.39, 0.29) is 11.6 Å². The smallest absolute Gasteiger partial charge is 0.0670 e. The molecule has 1 fully saturated rings. The Kier molecular flexibility index (Phi) is 5.42. The van der Waals surface area contributed by atoms with Crippen LogP contribution < -0.4 is 5.32 Å². The van der Waals surface area contributed by atoms with Gasteiger partial charge in [-0.1, -0.05) is 44.2 Å². The maximum atomic E-state index is 5.52. The average molecular weight is 290 g/mol. The van der Waals surface area contributed by atoms with Crippen molar-refractivity contribution in [2.24, 2.45) is 5.92 Å². The van der Waals surface area contributed by atoms with Crippen molar-refractivity contribution in [1.82, 2.24) is 10.2 Å². The van der Waals surface area contributed by atoms with E-state index in [9.17, 15) is 0 Å². The fourth-order valence-electron chi connectivity index (χ4n) is 3.13. The summed E-state index contributed by atoms with van der Waals surface area (Å²) in [6.45, 7) is 12.1. The van der Waals surface area contributed by atoms with E-state index >= 15 is 0 Å². The molecule has 1 aliphatic rings. The molecule has 3 atom stereocenters. The van der Waals surface area contributed by atoms with Crippen LogP contribution in [0.4, 0.5) is 0 Å². The zero-order chi connectivity index (χ0) is 15.5. The third kappa shape index (κ3) is 3.65. The van der Waals surface area contributed by atoms with Crippen molar-refractivity contribution >= 4 is 0 Å². The third-order valence-corrected chi connectivity index (χ3v) is 4.90. The standard InChI is InChI=1S/C18H30N2O/c1-14(2)17-12-20(11-15(3)21-5)18(4,13-19-17)16-9-7-6-8-10-16/h6-10,14-15,17,19H,11-13H2,1-5H3. The lowest BCUT2D eigenvalue weighted by Crippen LogP contribution is -2.63. The second-order valence-corrected chi connectivity index (χ2v) is 6.82. The van der Waals surface area contributed by atoms with Gasteiger partial charge < -0.3 is 10.1 Å². The summed E-state index contributed by atoms with van der Waals surface area (Å²) in [5, 5.41) is 3.75. The predicted molar refractivity (Wildman–Crippen MR) is 88.5 cm³/mol. The Morgan fingerprint density at radius 2 is 1.95 bits per heavy atom. The highest BCUT2D eigenvalue weighted by molar-refractivity contribution is 5.25. The fourth-order valence-corrected chi connectivity index (χ4v) is 3.13. The number of methoxy groups -OCH3 is 1. The van der Waals surface area contributed by atoms with Gasteiger partial charge in [0.15, 0.2) is 0 Å². The normalized spacial score (nSPS) is 28.8. The summed E-state index contributed by atoms with van der Waals surface area (Å²) in [5.41, 5.74) is 1.41. The molecule has 1 heterocycles. The van der Waals surface area contributed by atoms with Crippen LogP contribution in [0.15, 0.2) is 30.3 Å². The molecule has 1 aliphatic heterocycles. The van der Waals surface area contributed by atoms with Crippen LogP contribution in [0.2, 0.25) is 0 Å². The summed E-state index contributed by atoms with van der Waals surface area (Å²) < 4.78 is 5.52. The number of nitrogens with zero attached hydrogens (tertiary/aromatic N) is 1. The van der Waals surface area contributed by atoms with Crippen LogP contribution in [0.1, 0.15) is 33.3 Å². The Morgan fingerprint density at radius 1 is 1.29 bits per heavy atom. The molecule has 21 heavy (non-hydrogen) atoms. The Morgan fingerprint density at radius 3 is 2.52 bits per heavy atom. The van der Waals surface area contributed by atoms with Crippen LogP contribution in [0.3, 0.4) is 0 Å². The van der Waals surface area contributed by atoms with Crippen molar-refractivity contribution in [2.75, 3.05) is 26.7 Å². The monoisotopic (exact) mass is 290 g/mol. The molecular formula is C18H30N2O. The van der Waals surface area contributed by atoms with E-state index in [1.54, 1.807) is 7.11 Å². The van der Waals surface area contributed by atoms with E-state index in [4.69, 9.17) is 4.74 Å². The van der Waals surface area contributed by atoms with Gasteiger partial charge in [-0.15, -0.1) is 0 Å². The minimum Gasteiger partial charge on any atom is -0.380 e. The van der Waals surface area contributed by atoms with Crippen molar-refractivity contribution in [1.29, 1.82) is 0 Å². The van der Waals surface area contributed by atoms with Gasteiger partial charge >= 0.3 is 0 Å². The quantitative estimate of drug-likeness (QED) is 0.902. The first-order valence-corrected chi connectivity index (χ1v) is 8.04. The second kappa shape index (κ2) is 6.91. The molecule has 3 nitrogen and oxygen atoms in total. The summed E-state index contributed by atoms with van der Waals surface area (Å²) >= 11 is 0. The molecule has 1 aromatic carbocycles. The van der Waals surface area contributed by atoms with Crippen LogP contribution in [-0.4, -0.2) is 43.8 Å². The van der Waals surface area contributed by atoms with Crippen molar-refractivity contribution in [2.45, 2.75) is 45.4 Å². The zero-order valence-corrected chi connectivity index (χ0v) is 14.1. The van der Waals surface area contributed by atoms with Crippen LogP contribution in [0.5, 0.6) is 0 Å². The highest BCUT2D eigenvalue weighted by atomic mass is 16.5. The maximum absolute atomic E-state index is 5.52. The minimum absolute atomic E-state index is 0.0272. The van der Waals surface area contributed by atoms with E-state index in [1.165, 1.54) is 5.56 Å². The van der Waals surface area contributed by atoms with Crippen molar-refractivity contribution < 1.29 is 4.74 Å². The highest BCUT2D eigenvalue weighted by Crippen LogP contribution is 2.32. The highest BCUT2D eigenvalue weighted by Gasteiger charge is 2.40. The van der Waals surface area contributed by atoms with Gasteiger partial charge in [0.1, 0.15) is 0 Å². The Bertz CT molecular complexity index is 434. The third-order valence-electron chi connectivity index (χ3n) is 4.90. The molecule has 1 N–H and O–H groups in total. The molecule has 0 aliphatic carbocycles. The van der Waals surface area contributed by atoms with Crippen molar-refractivity contribution in [3.05, 3.63) is 35.9 Å². The topological polar surface area (TPSA) is 24.5 Å². The van der Waals surface area contributed by atoms with Crippen LogP contribution in [0, 0.1) is 5.92 Å². The molecule has 0 amide bonds. The molecular weight excluding hydrogens is 260 g/mol. The van der Waals surface area contributed by atoms with Gasteiger partial charge in [0.05, 0.1) is 11.6 Å². The van der Waals surface area contributed by atoms with E-state index in [2.05, 4.69) is 68.2 Å². The van der Waals surface area contributed by atoms with Crippen LogP contribution in [-0.2, 0) is 10.3 Å². The van der Waals surface area contributed by atoms with Gasteiger partial charge in [0.25, 0.3) is 0 Å². The molecule has 0 aromatic heterocycles. The fraction of sp³-hybridized carbons (Fsp3) is 0.667. The number of nitrogens with one attached hydrogen (secondary N) is 1. The van der Waals surface area contributed by atoms with Gasteiger partial charge in [0.2, 0.25) is 0 Å². The largest absolute Gasteiger partial charge is 0.380 e. The zero-order valence-electron chi connectivity index (χ0n) is 14.1. The second-order valence-electron chi connectivity index (χ2n) is 6.82. The maximum Gasteiger partial charge on any atom is 0.0670 e. The van der Waals surface area contributed by atoms with Crippen molar-refractivity contribution in [3.8, 4) is 0 Å². The van der Waals surface area contributed by atoms with Crippen LogP contribution in [0.25, 0.3) is 0 Å². The number of benzene rings is 1. The molecule has 3 heteroatoms. The number of hydrogen-bond donors (Lipinski definition) is 1. The van der Waals surface area contributed by atoms with Gasteiger partial charge in [-0.2, -0.15) is 0 Å². The summed E-state index contributed by atoms with van der Waals surface area (Å²) in [5.74, 6) is 0.644. The summed E-state index contributed by atoms with van der Waals surface area (Å²) in [6, 6.07) is 11.4. The lowest BCUT2D eigenvalue weighted by molar-refractivity contribution is -0.00774. The van der Waals surface area contributed by atoms with E-state index < -0.39 is 0 Å². The Labute approximate surface area is 129 Å². The van der Waals surface area contributed by atoms with Crippen molar-refractivity contribution in [3.63, 3.8) is 0 Å². The van der Waals surface area contributed by atoms with Crippen LogP contribution >= 0.6 is 0 Å². The lowest BCUT2D eigenvalue weighted by Gasteiger charge is -2.50.